The molecule has 0 saturated carbocycles. The van der Waals surface area contributed by atoms with Gasteiger partial charge in [0.2, 0.25) is 0 Å². The Morgan fingerprint density at radius 3 is 2.67 bits per heavy atom. The lowest BCUT2D eigenvalue weighted by atomic mass is 9.87. The van der Waals surface area contributed by atoms with E-state index in [2.05, 4.69) is 25.7 Å². The lowest BCUT2D eigenvalue weighted by Gasteiger charge is -2.16. The van der Waals surface area contributed by atoms with E-state index in [1.165, 1.54) is 0 Å². The van der Waals surface area contributed by atoms with E-state index in [-0.39, 0.29) is 11.7 Å². The molecule has 1 aliphatic heterocycles. The van der Waals surface area contributed by atoms with Gasteiger partial charge in [0.05, 0.1) is 0 Å². The number of hydrogen-bond donors (Lipinski definition) is 1. The van der Waals surface area contributed by atoms with Crippen molar-refractivity contribution in [3.8, 4) is 0 Å². The van der Waals surface area contributed by atoms with Crippen LogP contribution < -0.4 is 5.32 Å². The van der Waals surface area contributed by atoms with Crippen LogP contribution in [0.4, 0.5) is 10.1 Å². The van der Waals surface area contributed by atoms with E-state index in [0.717, 1.165) is 22.5 Å². The predicted molar refractivity (Wildman–Crippen MR) is 61.5 cm³/mol. The summed E-state index contributed by atoms with van der Waals surface area (Å²) in [7, 11) is 0. The van der Waals surface area contributed by atoms with Crippen molar-refractivity contribution in [1.82, 2.24) is 0 Å². The van der Waals surface area contributed by atoms with Crippen molar-refractivity contribution >= 4 is 5.69 Å². The maximum Gasteiger partial charge on any atom is 0.129 e. The third-order valence-corrected chi connectivity index (χ3v) is 3.04. The van der Waals surface area contributed by atoms with E-state index in [0.29, 0.717) is 5.92 Å². The standard InChI is InChI=1S/C13H16FN/c1-7(2)11-9(4)15-13-8(3)5-6-10(14)12(11)13/h5-7,11,15H,4H2,1-3H3. The van der Waals surface area contributed by atoms with Crippen LogP contribution >= 0.6 is 0 Å². The molecule has 0 aliphatic carbocycles. The molecule has 0 saturated heterocycles. The molecule has 0 spiro atoms. The van der Waals surface area contributed by atoms with Crippen LogP contribution in [0.15, 0.2) is 24.4 Å². The highest BCUT2D eigenvalue weighted by Crippen LogP contribution is 2.44. The van der Waals surface area contributed by atoms with Crippen molar-refractivity contribution in [3.05, 3.63) is 41.4 Å². The number of benzene rings is 1. The van der Waals surface area contributed by atoms with E-state index in [9.17, 15) is 4.39 Å². The normalized spacial score (nSPS) is 19.3. The van der Waals surface area contributed by atoms with E-state index >= 15 is 0 Å². The Morgan fingerprint density at radius 1 is 1.40 bits per heavy atom. The number of fused-ring (bicyclic) bond motifs is 1. The Balaban J connectivity index is 2.62. The average molecular weight is 205 g/mol. The highest BCUT2D eigenvalue weighted by atomic mass is 19.1. The molecular formula is C13H16FN. The summed E-state index contributed by atoms with van der Waals surface area (Å²) in [5.74, 6) is 0.336. The molecule has 0 bridgehead atoms. The van der Waals surface area contributed by atoms with Crippen LogP contribution in [0.1, 0.15) is 30.9 Å². The van der Waals surface area contributed by atoms with Gasteiger partial charge in [0.15, 0.2) is 0 Å². The highest BCUT2D eigenvalue weighted by molar-refractivity contribution is 5.69. The van der Waals surface area contributed by atoms with Crippen molar-refractivity contribution in [2.75, 3.05) is 5.32 Å². The summed E-state index contributed by atoms with van der Waals surface area (Å²) in [6.45, 7) is 10.1. The molecule has 1 heterocycles. The monoisotopic (exact) mass is 205 g/mol. The van der Waals surface area contributed by atoms with Gasteiger partial charge in [-0.15, -0.1) is 0 Å². The number of aryl methyl sites for hydroxylation is 1. The molecule has 1 unspecified atom stereocenters. The lowest BCUT2D eigenvalue weighted by Crippen LogP contribution is -2.07. The van der Waals surface area contributed by atoms with Crippen LogP contribution in [-0.4, -0.2) is 0 Å². The van der Waals surface area contributed by atoms with Gasteiger partial charge in [-0.3, -0.25) is 0 Å². The quantitative estimate of drug-likeness (QED) is 0.735. The molecule has 80 valence electrons. The molecule has 1 N–H and O–H groups in total. The first-order chi connectivity index (χ1) is 7.02. The number of anilines is 1. The fourth-order valence-corrected chi connectivity index (χ4v) is 2.32. The first-order valence-corrected chi connectivity index (χ1v) is 5.27. The van der Waals surface area contributed by atoms with Crippen molar-refractivity contribution in [1.29, 1.82) is 0 Å². The fraction of sp³-hybridized carbons (Fsp3) is 0.385. The van der Waals surface area contributed by atoms with Gasteiger partial charge >= 0.3 is 0 Å². The van der Waals surface area contributed by atoms with Crippen molar-refractivity contribution in [2.24, 2.45) is 5.92 Å². The second kappa shape index (κ2) is 3.37. The largest absolute Gasteiger partial charge is 0.358 e. The number of hydrogen-bond acceptors (Lipinski definition) is 1. The van der Waals surface area contributed by atoms with E-state index in [4.69, 9.17) is 0 Å². The van der Waals surface area contributed by atoms with Crippen molar-refractivity contribution < 1.29 is 4.39 Å². The van der Waals surface area contributed by atoms with Gasteiger partial charge in [0.25, 0.3) is 0 Å². The molecule has 0 fully saturated rings. The fourth-order valence-electron chi connectivity index (χ4n) is 2.32. The molecule has 0 radical (unpaired) electrons. The molecule has 0 aromatic heterocycles. The maximum absolute atomic E-state index is 13.8. The van der Waals surface area contributed by atoms with Gasteiger partial charge in [0, 0.05) is 22.9 Å². The molecule has 1 atom stereocenters. The van der Waals surface area contributed by atoms with Crippen LogP contribution in [0, 0.1) is 18.7 Å². The van der Waals surface area contributed by atoms with E-state index < -0.39 is 0 Å². The third-order valence-electron chi connectivity index (χ3n) is 3.04. The van der Waals surface area contributed by atoms with Crippen molar-refractivity contribution in [2.45, 2.75) is 26.7 Å². The molecule has 1 aliphatic rings. The molecular weight excluding hydrogens is 189 g/mol. The van der Waals surface area contributed by atoms with Crippen LogP contribution in [0.2, 0.25) is 0 Å². The van der Waals surface area contributed by atoms with Gasteiger partial charge < -0.3 is 5.32 Å². The Morgan fingerprint density at radius 2 is 2.07 bits per heavy atom. The Labute approximate surface area is 90.0 Å². The summed E-state index contributed by atoms with van der Waals surface area (Å²) in [5, 5.41) is 3.20. The minimum atomic E-state index is -0.125. The molecule has 2 rings (SSSR count). The van der Waals surface area contributed by atoms with Crippen LogP contribution in [0.5, 0.6) is 0 Å². The molecule has 1 nitrogen and oxygen atoms in total. The Hall–Kier alpha value is -1.31. The summed E-state index contributed by atoms with van der Waals surface area (Å²) < 4.78 is 13.8. The molecule has 0 amide bonds. The summed E-state index contributed by atoms with van der Waals surface area (Å²) in [5.41, 5.74) is 3.69. The second-order valence-corrected chi connectivity index (χ2v) is 4.52. The van der Waals surface area contributed by atoms with Crippen molar-refractivity contribution in [3.63, 3.8) is 0 Å². The first-order valence-electron chi connectivity index (χ1n) is 5.27. The third kappa shape index (κ3) is 1.44. The summed E-state index contributed by atoms with van der Waals surface area (Å²) in [4.78, 5) is 0. The Bertz CT molecular complexity index is 421. The molecule has 15 heavy (non-hydrogen) atoms. The number of halogens is 1. The zero-order valence-electron chi connectivity index (χ0n) is 9.39. The topological polar surface area (TPSA) is 12.0 Å². The number of nitrogens with one attached hydrogen (secondary N) is 1. The number of rotatable bonds is 1. The van der Waals surface area contributed by atoms with Gasteiger partial charge in [-0.1, -0.05) is 26.5 Å². The van der Waals surface area contributed by atoms with Gasteiger partial charge in [0.1, 0.15) is 5.82 Å². The van der Waals surface area contributed by atoms with Crippen LogP contribution in [0.25, 0.3) is 0 Å². The lowest BCUT2D eigenvalue weighted by molar-refractivity contribution is 0.532. The summed E-state index contributed by atoms with van der Waals surface area (Å²) in [6, 6.07) is 3.35. The highest BCUT2D eigenvalue weighted by Gasteiger charge is 2.32. The maximum atomic E-state index is 13.8. The van der Waals surface area contributed by atoms with E-state index in [1.807, 2.05) is 6.92 Å². The molecule has 2 heteroatoms. The minimum Gasteiger partial charge on any atom is -0.358 e. The SMILES string of the molecule is C=C1Nc2c(C)ccc(F)c2C1C(C)C. The predicted octanol–water partition coefficient (Wildman–Crippen LogP) is 3.81. The Kier molecular flexibility index (Phi) is 2.29. The molecule has 1 aromatic rings. The van der Waals surface area contributed by atoms with Gasteiger partial charge in [-0.25, -0.2) is 4.39 Å². The van der Waals surface area contributed by atoms with Crippen LogP contribution in [0.3, 0.4) is 0 Å². The molecule has 1 aromatic carbocycles. The second-order valence-electron chi connectivity index (χ2n) is 4.52. The zero-order valence-corrected chi connectivity index (χ0v) is 9.39. The number of allylic oxidation sites excluding steroid dienone is 1. The minimum absolute atomic E-state index is 0.0971. The first kappa shape index (κ1) is 10.2. The zero-order chi connectivity index (χ0) is 11.2. The average Bonchev–Trinajstić information content (AvgIpc) is 2.50. The smallest absolute Gasteiger partial charge is 0.129 e. The van der Waals surface area contributed by atoms with Crippen LogP contribution in [-0.2, 0) is 0 Å². The van der Waals surface area contributed by atoms with Gasteiger partial charge in [-0.05, 0) is 24.5 Å². The summed E-state index contributed by atoms with van der Waals surface area (Å²) >= 11 is 0. The van der Waals surface area contributed by atoms with Gasteiger partial charge in [-0.2, -0.15) is 0 Å². The van der Waals surface area contributed by atoms with E-state index in [1.54, 1.807) is 12.1 Å². The summed E-state index contributed by atoms with van der Waals surface area (Å²) in [6.07, 6.45) is 0.